The van der Waals surface area contributed by atoms with Crippen molar-refractivity contribution in [1.82, 2.24) is 15.5 Å². The number of hydrogen-bond acceptors (Lipinski definition) is 4. The van der Waals surface area contributed by atoms with E-state index >= 15 is 0 Å². The van der Waals surface area contributed by atoms with Crippen LogP contribution in [0.2, 0.25) is 0 Å². The van der Waals surface area contributed by atoms with E-state index in [4.69, 9.17) is 4.99 Å². The first-order chi connectivity index (χ1) is 12.6. The van der Waals surface area contributed by atoms with Gasteiger partial charge < -0.3 is 10.6 Å². The van der Waals surface area contributed by atoms with Crippen LogP contribution in [0.3, 0.4) is 0 Å². The van der Waals surface area contributed by atoms with Crippen molar-refractivity contribution in [3.63, 3.8) is 0 Å². The minimum absolute atomic E-state index is 0.112. The van der Waals surface area contributed by atoms with Crippen molar-refractivity contribution in [2.45, 2.75) is 78.0 Å². The molecule has 1 fully saturated rings. The zero-order valence-electron chi connectivity index (χ0n) is 18.3. The van der Waals surface area contributed by atoms with E-state index in [0.29, 0.717) is 24.5 Å². The van der Waals surface area contributed by atoms with Crippen molar-refractivity contribution in [3.05, 3.63) is 0 Å². The molecule has 0 aromatic rings. The van der Waals surface area contributed by atoms with Gasteiger partial charge in [0.05, 0.1) is 17.0 Å². The lowest BCUT2D eigenvalue weighted by atomic mass is 10.0. The van der Waals surface area contributed by atoms with Crippen LogP contribution in [0.1, 0.15) is 67.2 Å². The van der Waals surface area contributed by atoms with Gasteiger partial charge in [0.25, 0.3) is 0 Å². The fourth-order valence-electron chi connectivity index (χ4n) is 3.31. The number of nitrogens with one attached hydrogen (secondary N) is 2. The van der Waals surface area contributed by atoms with Crippen LogP contribution in [-0.2, 0) is 9.84 Å². The average Bonchev–Trinajstić information content (AvgIpc) is 2.82. The third kappa shape index (κ3) is 8.38. The number of guanidine groups is 1. The fraction of sp³-hybridized carbons (Fsp3) is 0.950. The van der Waals surface area contributed by atoms with Gasteiger partial charge in [-0.2, -0.15) is 0 Å². The maximum Gasteiger partial charge on any atom is 0.191 e. The summed E-state index contributed by atoms with van der Waals surface area (Å²) in [6.45, 7) is 16.0. The maximum absolute atomic E-state index is 12.3. The lowest BCUT2D eigenvalue weighted by Gasteiger charge is -2.32. The molecule has 1 atom stereocenters. The summed E-state index contributed by atoms with van der Waals surface area (Å²) < 4.78 is 23.8. The van der Waals surface area contributed by atoms with Gasteiger partial charge in [-0.15, -0.1) is 0 Å². The first-order valence-electron chi connectivity index (χ1n) is 10.6. The Morgan fingerprint density at radius 3 is 2.15 bits per heavy atom. The van der Waals surface area contributed by atoms with Crippen LogP contribution >= 0.6 is 0 Å². The van der Waals surface area contributed by atoms with Crippen molar-refractivity contribution in [3.8, 4) is 0 Å². The molecule has 0 amide bonds. The highest BCUT2D eigenvalue weighted by atomic mass is 32.2. The van der Waals surface area contributed by atoms with Gasteiger partial charge in [-0.25, -0.2) is 8.42 Å². The standard InChI is InChI=1S/C20H42N4O2S/c1-7-21-19(22-12-15-27(25,26)20(4,5)6)23-16-18(17(2)3)24-13-10-8-9-11-14-24/h17-18H,7-16H2,1-6H3,(H2,21,22,23). The Kier molecular flexibility index (Phi) is 10.1. The summed E-state index contributed by atoms with van der Waals surface area (Å²) in [5.41, 5.74) is 0. The second-order valence-corrected chi connectivity index (χ2v) is 11.7. The van der Waals surface area contributed by atoms with Gasteiger partial charge in [-0.1, -0.05) is 26.7 Å². The van der Waals surface area contributed by atoms with E-state index in [1.807, 2.05) is 6.92 Å². The molecular weight excluding hydrogens is 360 g/mol. The van der Waals surface area contributed by atoms with Crippen molar-refractivity contribution in [1.29, 1.82) is 0 Å². The third-order valence-electron chi connectivity index (χ3n) is 5.26. The van der Waals surface area contributed by atoms with E-state index < -0.39 is 14.6 Å². The number of hydrogen-bond donors (Lipinski definition) is 2. The Morgan fingerprint density at radius 2 is 1.67 bits per heavy atom. The SMILES string of the molecule is CCNC(=NCC(C(C)C)N1CCCCCC1)NCCS(=O)(=O)C(C)(C)C. The van der Waals surface area contributed by atoms with Gasteiger partial charge in [0, 0.05) is 19.1 Å². The number of aliphatic imine (C=N–C) groups is 1. The summed E-state index contributed by atoms with van der Waals surface area (Å²) in [4.78, 5) is 7.37. The van der Waals surface area contributed by atoms with Crippen LogP contribution < -0.4 is 10.6 Å². The van der Waals surface area contributed by atoms with Gasteiger partial charge in [0.1, 0.15) is 0 Å². The van der Waals surface area contributed by atoms with E-state index in [2.05, 4.69) is 29.4 Å². The molecule has 1 unspecified atom stereocenters. The number of likely N-dealkylation sites (tertiary alicyclic amines) is 1. The zero-order valence-corrected chi connectivity index (χ0v) is 19.2. The molecule has 6 nitrogen and oxygen atoms in total. The number of rotatable bonds is 8. The Labute approximate surface area is 167 Å². The Morgan fingerprint density at radius 1 is 1.07 bits per heavy atom. The van der Waals surface area contributed by atoms with Crippen LogP contribution in [0.5, 0.6) is 0 Å². The second-order valence-electron chi connectivity index (χ2n) is 8.84. The largest absolute Gasteiger partial charge is 0.357 e. The lowest BCUT2D eigenvalue weighted by Crippen LogP contribution is -2.45. The zero-order chi connectivity index (χ0) is 20.5. The molecule has 0 aromatic heterocycles. The Hall–Kier alpha value is -0.820. The molecule has 1 aliphatic heterocycles. The molecule has 1 heterocycles. The highest BCUT2D eigenvalue weighted by molar-refractivity contribution is 7.92. The van der Waals surface area contributed by atoms with Crippen LogP contribution in [0, 0.1) is 5.92 Å². The molecule has 27 heavy (non-hydrogen) atoms. The molecule has 0 aliphatic carbocycles. The summed E-state index contributed by atoms with van der Waals surface area (Å²) in [7, 11) is -3.13. The van der Waals surface area contributed by atoms with E-state index in [1.165, 1.54) is 25.7 Å². The lowest BCUT2D eigenvalue weighted by molar-refractivity contribution is 0.166. The number of nitrogens with zero attached hydrogens (tertiary/aromatic N) is 2. The van der Waals surface area contributed by atoms with Gasteiger partial charge in [-0.05, 0) is 59.5 Å². The molecule has 2 N–H and O–H groups in total. The highest BCUT2D eigenvalue weighted by Crippen LogP contribution is 2.18. The molecular formula is C20H42N4O2S. The van der Waals surface area contributed by atoms with Crippen molar-refractivity contribution >= 4 is 15.8 Å². The summed E-state index contributed by atoms with van der Waals surface area (Å²) in [5, 5.41) is 6.44. The Bertz CT molecular complexity index is 545. The minimum Gasteiger partial charge on any atom is -0.357 e. The maximum atomic E-state index is 12.3. The fourth-order valence-corrected chi connectivity index (χ4v) is 4.29. The van der Waals surface area contributed by atoms with Crippen LogP contribution in [0.15, 0.2) is 4.99 Å². The average molecular weight is 403 g/mol. The van der Waals surface area contributed by atoms with E-state index in [-0.39, 0.29) is 5.75 Å². The predicted molar refractivity (Wildman–Crippen MR) is 116 cm³/mol. The van der Waals surface area contributed by atoms with Crippen molar-refractivity contribution < 1.29 is 8.42 Å². The molecule has 0 spiro atoms. The normalized spacial score (nSPS) is 19.0. The summed E-state index contributed by atoms with van der Waals surface area (Å²) in [6.07, 6.45) is 5.21. The molecule has 0 saturated carbocycles. The first kappa shape index (κ1) is 24.2. The topological polar surface area (TPSA) is 73.8 Å². The Balaban J connectivity index is 2.69. The van der Waals surface area contributed by atoms with Crippen LogP contribution in [-0.4, -0.2) is 68.5 Å². The first-order valence-corrected chi connectivity index (χ1v) is 12.2. The van der Waals surface area contributed by atoms with Crippen LogP contribution in [0.4, 0.5) is 0 Å². The summed E-state index contributed by atoms with van der Waals surface area (Å²) in [5.74, 6) is 1.36. The quantitative estimate of drug-likeness (QED) is 0.482. The molecule has 1 aliphatic rings. The van der Waals surface area contributed by atoms with Gasteiger partial charge in [0.2, 0.25) is 0 Å². The summed E-state index contributed by atoms with van der Waals surface area (Å²) >= 11 is 0. The molecule has 1 saturated heterocycles. The van der Waals surface area contributed by atoms with Crippen molar-refractivity contribution in [2.24, 2.45) is 10.9 Å². The van der Waals surface area contributed by atoms with Gasteiger partial charge in [-0.3, -0.25) is 9.89 Å². The highest BCUT2D eigenvalue weighted by Gasteiger charge is 2.28. The monoisotopic (exact) mass is 402 g/mol. The minimum atomic E-state index is -3.13. The molecule has 160 valence electrons. The van der Waals surface area contributed by atoms with Crippen molar-refractivity contribution in [2.75, 3.05) is 38.5 Å². The molecule has 7 heteroatoms. The molecule has 0 aromatic carbocycles. The third-order valence-corrected chi connectivity index (χ3v) is 7.86. The van der Waals surface area contributed by atoms with E-state index in [0.717, 1.165) is 26.2 Å². The molecule has 0 bridgehead atoms. The van der Waals surface area contributed by atoms with E-state index in [9.17, 15) is 8.42 Å². The van der Waals surface area contributed by atoms with Crippen LogP contribution in [0.25, 0.3) is 0 Å². The summed E-state index contributed by atoms with van der Waals surface area (Å²) in [6, 6.07) is 0.428. The molecule has 0 radical (unpaired) electrons. The second kappa shape index (κ2) is 11.2. The van der Waals surface area contributed by atoms with E-state index in [1.54, 1.807) is 20.8 Å². The van der Waals surface area contributed by atoms with Gasteiger partial charge in [0.15, 0.2) is 15.8 Å². The molecule has 1 rings (SSSR count). The number of sulfone groups is 1. The predicted octanol–water partition coefficient (Wildman–Crippen LogP) is 2.66. The van der Waals surface area contributed by atoms with Gasteiger partial charge >= 0.3 is 0 Å². The smallest absolute Gasteiger partial charge is 0.191 e.